The third-order valence-electron chi connectivity index (χ3n) is 6.20. The largest absolute Gasteiger partial charge is 0.346 e. The number of aromatic amines is 1. The number of nitriles is 1. The minimum atomic E-state index is -1.60. The van der Waals surface area contributed by atoms with Crippen molar-refractivity contribution in [3.8, 4) is 29.7 Å². The molecule has 33 heavy (non-hydrogen) atoms. The van der Waals surface area contributed by atoms with Gasteiger partial charge in [-0.2, -0.15) is 5.26 Å². The Labute approximate surface area is 193 Å². The van der Waals surface area contributed by atoms with Gasteiger partial charge in [0.05, 0.1) is 30.4 Å². The number of imidazole rings is 1. The predicted molar refractivity (Wildman–Crippen MR) is 125 cm³/mol. The van der Waals surface area contributed by atoms with Gasteiger partial charge < -0.3 is 9.88 Å². The Morgan fingerprint density at radius 2 is 1.91 bits per heavy atom. The zero-order chi connectivity index (χ0) is 23.8. The molecular weight excluding hydrogens is 415 g/mol. The van der Waals surface area contributed by atoms with Crippen molar-refractivity contribution in [3.05, 3.63) is 75.7 Å². The van der Waals surface area contributed by atoms with Gasteiger partial charge >= 0.3 is 0 Å². The molecule has 1 aromatic heterocycles. The number of likely N-dealkylation sites (tertiary alicyclic amines) is 1. The monoisotopic (exact) mass is 440 g/mol. The number of halogens is 1. The lowest BCUT2D eigenvalue weighted by Gasteiger charge is -2.45. The number of H-pyrrole nitrogens is 1. The van der Waals surface area contributed by atoms with Crippen LogP contribution in [0.4, 0.5) is 4.39 Å². The van der Waals surface area contributed by atoms with E-state index in [1.54, 1.807) is 24.3 Å². The Kier molecular flexibility index (Phi) is 5.78. The second-order valence-electron chi connectivity index (χ2n) is 8.66. The SMILES string of the molecule is C#CCCc1nc(-c2cc(C(=O)N3CC(F)(c4ccc(C#N)cc4)C3)c(C)cc2C)c(C)[nH]1. The molecule has 1 aliphatic rings. The number of alkyl halides is 1. The number of nitrogens with zero attached hydrogens (tertiary/aromatic N) is 3. The highest BCUT2D eigenvalue weighted by Crippen LogP contribution is 2.38. The van der Waals surface area contributed by atoms with Gasteiger partial charge in [-0.15, -0.1) is 12.3 Å². The number of benzene rings is 2. The number of terminal acetylenes is 1. The number of hydrogen-bond acceptors (Lipinski definition) is 3. The molecule has 1 amide bonds. The van der Waals surface area contributed by atoms with E-state index in [1.807, 2.05) is 39.0 Å². The summed E-state index contributed by atoms with van der Waals surface area (Å²) in [4.78, 5) is 22.8. The first-order valence-corrected chi connectivity index (χ1v) is 10.8. The van der Waals surface area contributed by atoms with Gasteiger partial charge in [-0.1, -0.05) is 18.2 Å². The fraction of sp³-hybridized carbons (Fsp3) is 0.296. The Bertz CT molecular complexity index is 1300. The zero-order valence-electron chi connectivity index (χ0n) is 19.0. The van der Waals surface area contributed by atoms with Crippen LogP contribution in [-0.2, 0) is 12.1 Å². The number of aryl methyl sites for hydroxylation is 4. The third kappa shape index (κ3) is 4.13. The van der Waals surface area contributed by atoms with E-state index in [9.17, 15) is 4.79 Å². The Morgan fingerprint density at radius 3 is 2.55 bits per heavy atom. The number of carbonyl (C=O) groups is 1. The van der Waals surface area contributed by atoms with Crippen molar-refractivity contribution >= 4 is 5.91 Å². The zero-order valence-corrected chi connectivity index (χ0v) is 19.0. The first-order chi connectivity index (χ1) is 15.8. The van der Waals surface area contributed by atoms with Gasteiger partial charge in [-0.25, -0.2) is 9.37 Å². The van der Waals surface area contributed by atoms with Gasteiger partial charge in [0, 0.05) is 29.7 Å². The lowest BCUT2D eigenvalue weighted by atomic mass is 9.86. The number of nitrogens with one attached hydrogen (secondary N) is 1. The highest BCUT2D eigenvalue weighted by atomic mass is 19.1. The summed E-state index contributed by atoms with van der Waals surface area (Å²) in [7, 11) is 0. The van der Waals surface area contributed by atoms with Crippen LogP contribution in [0.5, 0.6) is 0 Å². The van der Waals surface area contributed by atoms with Crippen LogP contribution < -0.4 is 0 Å². The van der Waals surface area contributed by atoms with Gasteiger partial charge in [0.15, 0.2) is 5.67 Å². The number of aromatic nitrogens is 2. The molecule has 0 atom stereocenters. The molecule has 0 aliphatic carbocycles. The van der Waals surface area contributed by atoms with E-state index < -0.39 is 5.67 Å². The van der Waals surface area contributed by atoms with Crippen LogP contribution in [0.15, 0.2) is 36.4 Å². The molecular formula is C27H25FN4O. The fourth-order valence-corrected chi connectivity index (χ4v) is 4.33. The average molecular weight is 441 g/mol. The van der Waals surface area contributed by atoms with Crippen LogP contribution in [0.2, 0.25) is 0 Å². The molecule has 2 heterocycles. The van der Waals surface area contributed by atoms with Crippen molar-refractivity contribution in [3.63, 3.8) is 0 Å². The first kappa shape index (κ1) is 22.3. The molecule has 0 spiro atoms. The van der Waals surface area contributed by atoms with E-state index in [1.165, 1.54) is 4.90 Å². The summed E-state index contributed by atoms with van der Waals surface area (Å²) >= 11 is 0. The van der Waals surface area contributed by atoms with Crippen molar-refractivity contribution in [2.75, 3.05) is 13.1 Å². The normalized spacial score (nSPS) is 14.3. The highest BCUT2D eigenvalue weighted by molar-refractivity contribution is 5.98. The van der Waals surface area contributed by atoms with Crippen LogP contribution in [0, 0.1) is 44.4 Å². The molecule has 166 valence electrons. The van der Waals surface area contributed by atoms with Crippen LogP contribution in [0.1, 0.15) is 50.6 Å². The minimum absolute atomic E-state index is 0.0158. The predicted octanol–water partition coefficient (Wildman–Crippen LogP) is 4.76. The molecule has 0 saturated carbocycles. The van der Waals surface area contributed by atoms with Gasteiger partial charge in [0.1, 0.15) is 5.82 Å². The van der Waals surface area contributed by atoms with Gasteiger partial charge in [-0.05, 0) is 55.7 Å². The summed E-state index contributed by atoms with van der Waals surface area (Å²) in [5.41, 5.74) is 4.37. The third-order valence-corrected chi connectivity index (χ3v) is 6.20. The smallest absolute Gasteiger partial charge is 0.254 e. The molecule has 1 saturated heterocycles. The maximum Gasteiger partial charge on any atom is 0.254 e. The number of amides is 1. The van der Waals surface area contributed by atoms with E-state index in [-0.39, 0.29) is 19.0 Å². The number of carbonyl (C=O) groups excluding carboxylic acids is 1. The van der Waals surface area contributed by atoms with E-state index in [4.69, 9.17) is 16.7 Å². The number of rotatable bonds is 5. The molecule has 0 radical (unpaired) electrons. The molecule has 5 nitrogen and oxygen atoms in total. The summed E-state index contributed by atoms with van der Waals surface area (Å²) in [5, 5.41) is 8.94. The van der Waals surface area contributed by atoms with Gasteiger partial charge in [0.25, 0.3) is 5.91 Å². The maximum absolute atomic E-state index is 15.4. The van der Waals surface area contributed by atoms with Crippen LogP contribution in [0.25, 0.3) is 11.3 Å². The molecule has 1 N–H and O–H groups in total. The molecule has 6 heteroatoms. The quantitative estimate of drug-likeness (QED) is 0.582. The summed E-state index contributed by atoms with van der Waals surface area (Å²) in [5.74, 6) is 3.24. The molecule has 0 bridgehead atoms. The lowest BCUT2D eigenvalue weighted by Crippen LogP contribution is -2.58. The van der Waals surface area contributed by atoms with Gasteiger partial charge in [0.2, 0.25) is 0 Å². The van der Waals surface area contributed by atoms with Crippen molar-refractivity contribution in [2.24, 2.45) is 0 Å². The Balaban J connectivity index is 1.58. The summed E-state index contributed by atoms with van der Waals surface area (Å²) in [6.07, 6.45) is 6.63. The van der Waals surface area contributed by atoms with Crippen molar-refractivity contribution in [1.29, 1.82) is 5.26 Å². The summed E-state index contributed by atoms with van der Waals surface area (Å²) in [6, 6.07) is 12.3. The molecule has 0 unspecified atom stereocenters. The maximum atomic E-state index is 15.4. The molecule has 1 fully saturated rings. The minimum Gasteiger partial charge on any atom is -0.346 e. The standard InChI is InChI=1S/C27H25FN4O/c1-5-6-7-24-30-19(4)25(31-24)22-13-23(18(3)12-17(22)2)26(33)32-15-27(28,16-32)21-10-8-20(14-29)9-11-21/h1,8-13H,6-7,15-16H2,2-4H3,(H,30,31). The summed E-state index contributed by atoms with van der Waals surface area (Å²) < 4.78 is 15.4. The fourth-order valence-electron chi connectivity index (χ4n) is 4.33. The van der Waals surface area contributed by atoms with E-state index in [0.717, 1.165) is 33.9 Å². The second-order valence-corrected chi connectivity index (χ2v) is 8.66. The Hall–Kier alpha value is -3.90. The van der Waals surface area contributed by atoms with Crippen LogP contribution >= 0.6 is 0 Å². The van der Waals surface area contributed by atoms with Gasteiger partial charge in [-0.3, -0.25) is 4.79 Å². The molecule has 4 rings (SSSR count). The Morgan fingerprint density at radius 1 is 1.21 bits per heavy atom. The average Bonchev–Trinajstić information content (AvgIpc) is 3.15. The van der Waals surface area contributed by atoms with Crippen molar-refractivity contribution in [2.45, 2.75) is 39.3 Å². The van der Waals surface area contributed by atoms with Crippen LogP contribution in [0.3, 0.4) is 0 Å². The van der Waals surface area contributed by atoms with Crippen molar-refractivity contribution < 1.29 is 9.18 Å². The lowest BCUT2D eigenvalue weighted by molar-refractivity contribution is -0.0231. The van der Waals surface area contributed by atoms with Crippen molar-refractivity contribution in [1.82, 2.24) is 14.9 Å². The van der Waals surface area contributed by atoms with Crippen LogP contribution in [-0.4, -0.2) is 33.9 Å². The number of hydrogen-bond donors (Lipinski definition) is 1. The van der Waals surface area contributed by atoms with E-state index in [2.05, 4.69) is 10.9 Å². The first-order valence-electron chi connectivity index (χ1n) is 10.8. The molecule has 3 aromatic rings. The molecule has 2 aromatic carbocycles. The summed E-state index contributed by atoms with van der Waals surface area (Å²) in [6.45, 7) is 5.80. The van der Waals surface area contributed by atoms with E-state index >= 15 is 4.39 Å². The topological polar surface area (TPSA) is 72.8 Å². The molecule has 1 aliphatic heterocycles. The second kappa shape index (κ2) is 8.56. The highest BCUT2D eigenvalue weighted by Gasteiger charge is 2.47. The van der Waals surface area contributed by atoms with E-state index in [0.29, 0.717) is 29.5 Å².